The maximum atomic E-state index is 10.6. The maximum absolute atomic E-state index is 10.6. The zero-order chi connectivity index (χ0) is 11.9. The molecule has 2 N–H and O–H groups in total. The third kappa shape index (κ3) is 6.74. The predicted octanol–water partition coefficient (Wildman–Crippen LogP) is 1.29. The molecule has 86 valence electrons. The van der Waals surface area contributed by atoms with Crippen molar-refractivity contribution in [3.8, 4) is 6.07 Å². The molecule has 0 bridgehead atoms. The van der Waals surface area contributed by atoms with Gasteiger partial charge in [0.2, 0.25) is 0 Å². The summed E-state index contributed by atoms with van der Waals surface area (Å²) in [5.41, 5.74) is 0. The van der Waals surface area contributed by atoms with Crippen molar-refractivity contribution < 1.29 is 23.1 Å². The highest BCUT2D eigenvalue weighted by atomic mass is 19.4. The quantitative estimate of drug-likeness (QED) is 0.741. The lowest BCUT2D eigenvalue weighted by atomic mass is 10.0. The van der Waals surface area contributed by atoms with Gasteiger partial charge in [-0.1, -0.05) is 0 Å². The summed E-state index contributed by atoms with van der Waals surface area (Å²) < 4.78 is 31.7. The lowest BCUT2D eigenvalue weighted by molar-refractivity contribution is -0.192. The molecule has 0 amide bonds. The van der Waals surface area contributed by atoms with Gasteiger partial charge >= 0.3 is 12.1 Å². The Morgan fingerprint density at radius 3 is 2.27 bits per heavy atom. The van der Waals surface area contributed by atoms with Gasteiger partial charge < -0.3 is 10.4 Å². The van der Waals surface area contributed by atoms with Crippen molar-refractivity contribution in [2.75, 3.05) is 6.54 Å². The van der Waals surface area contributed by atoms with Crippen LogP contribution in [0.5, 0.6) is 0 Å². The largest absolute Gasteiger partial charge is 0.490 e. The third-order valence-corrected chi connectivity index (χ3v) is 1.77. The molecular weight excluding hydrogens is 213 g/mol. The van der Waals surface area contributed by atoms with E-state index in [4.69, 9.17) is 15.2 Å². The second-order valence-electron chi connectivity index (χ2n) is 2.94. The minimum Gasteiger partial charge on any atom is -0.475 e. The first kappa shape index (κ1) is 13.7. The molecule has 1 aliphatic heterocycles. The molecule has 1 aliphatic rings. The first-order chi connectivity index (χ1) is 6.88. The van der Waals surface area contributed by atoms with Crippen molar-refractivity contribution in [3.63, 3.8) is 0 Å². The molecule has 1 rings (SSSR count). The van der Waals surface area contributed by atoms with Crippen molar-refractivity contribution in [2.45, 2.75) is 31.5 Å². The maximum Gasteiger partial charge on any atom is 0.490 e. The van der Waals surface area contributed by atoms with Crippen molar-refractivity contribution in [2.24, 2.45) is 0 Å². The number of carbonyl (C=O) groups is 1. The Bertz CT molecular complexity index is 243. The number of carboxylic acid groups (broad SMARTS) is 1. The van der Waals surface area contributed by atoms with Crippen LogP contribution in [0.2, 0.25) is 0 Å². The first-order valence-corrected chi connectivity index (χ1v) is 4.28. The van der Waals surface area contributed by atoms with Gasteiger partial charge in [0.1, 0.15) is 0 Å². The summed E-state index contributed by atoms with van der Waals surface area (Å²) in [6, 6.07) is 2.79. The van der Waals surface area contributed by atoms with Crippen LogP contribution in [-0.4, -0.2) is 29.8 Å². The van der Waals surface area contributed by atoms with Gasteiger partial charge in [-0.2, -0.15) is 18.4 Å². The fraction of sp³-hybridized carbons (Fsp3) is 0.750. The molecule has 0 radical (unpaired) electrons. The number of halogens is 3. The summed E-state index contributed by atoms with van der Waals surface area (Å²) in [4.78, 5) is 8.90. The second-order valence-corrected chi connectivity index (χ2v) is 2.94. The summed E-state index contributed by atoms with van der Waals surface area (Å²) in [5, 5.41) is 18.5. The number of nitrogens with zero attached hydrogens (tertiary/aromatic N) is 1. The average molecular weight is 224 g/mol. The fourth-order valence-electron chi connectivity index (χ4n) is 0.834. The molecule has 15 heavy (non-hydrogen) atoms. The van der Waals surface area contributed by atoms with Crippen molar-refractivity contribution in [3.05, 3.63) is 0 Å². The lowest BCUT2D eigenvalue weighted by Crippen LogP contribution is -2.42. The van der Waals surface area contributed by atoms with Crippen LogP contribution in [-0.2, 0) is 4.79 Å². The van der Waals surface area contributed by atoms with Crippen molar-refractivity contribution in [1.29, 1.82) is 5.26 Å². The van der Waals surface area contributed by atoms with E-state index in [2.05, 4.69) is 11.4 Å². The van der Waals surface area contributed by atoms with E-state index in [1.807, 2.05) is 0 Å². The van der Waals surface area contributed by atoms with Gasteiger partial charge in [0, 0.05) is 12.5 Å². The topological polar surface area (TPSA) is 73.1 Å². The Labute approximate surface area is 84.7 Å². The Kier molecular flexibility index (Phi) is 5.70. The predicted molar refractivity (Wildman–Crippen MR) is 44.9 cm³/mol. The van der Waals surface area contributed by atoms with Crippen LogP contribution < -0.4 is 5.32 Å². The van der Waals surface area contributed by atoms with Gasteiger partial charge in [0.25, 0.3) is 0 Å². The van der Waals surface area contributed by atoms with Gasteiger partial charge in [0.15, 0.2) is 0 Å². The van der Waals surface area contributed by atoms with Crippen LogP contribution in [0, 0.1) is 11.3 Å². The third-order valence-electron chi connectivity index (χ3n) is 1.77. The number of aliphatic carboxylic acids is 1. The van der Waals surface area contributed by atoms with Crippen LogP contribution in [0.3, 0.4) is 0 Å². The highest BCUT2D eigenvalue weighted by Crippen LogP contribution is 2.13. The molecule has 1 saturated heterocycles. The molecule has 1 atom stereocenters. The average Bonchev–Trinajstić information content (AvgIpc) is 2.01. The highest BCUT2D eigenvalue weighted by Gasteiger charge is 2.38. The molecule has 0 aromatic rings. The Balaban J connectivity index is 0.000000265. The minimum atomic E-state index is -5.08. The van der Waals surface area contributed by atoms with Gasteiger partial charge in [-0.3, -0.25) is 0 Å². The van der Waals surface area contributed by atoms with E-state index in [9.17, 15) is 13.2 Å². The molecule has 4 nitrogen and oxygen atoms in total. The van der Waals surface area contributed by atoms with Gasteiger partial charge in [0.05, 0.1) is 6.07 Å². The molecule has 1 fully saturated rings. The number of rotatable bonds is 2. The highest BCUT2D eigenvalue weighted by molar-refractivity contribution is 5.73. The van der Waals surface area contributed by atoms with E-state index in [0.717, 1.165) is 13.0 Å². The Hall–Kier alpha value is -1.29. The Morgan fingerprint density at radius 1 is 1.60 bits per heavy atom. The molecule has 7 heteroatoms. The number of alkyl halides is 3. The summed E-state index contributed by atoms with van der Waals surface area (Å²) in [7, 11) is 0. The number of carboxylic acids is 1. The SMILES string of the molecule is N#CCCC1CCN1.O=C(O)C(F)(F)F. The number of nitriles is 1. The molecule has 0 saturated carbocycles. The molecule has 0 spiro atoms. The van der Waals surface area contributed by atoms with Crippen molar-refractivity contribution in [1.82, 2.24) is 5.32 Å². The van der Waals surface area contributed by atoms with Crippen molar-refractivity contribution >= 4 is 5.97 Å². The molecule has 0 aromatic heterocycles. The summed E-state index contributed by atoms with van der Waals surface area (Å²) in [6.45, 7) is 1.15. The normalized spacial score (nSPS) is 19.2. The molecule has 0 aromatic carbocycles. The van der Waals surface area contributed by atoms with Gasteiger partial charge in [-0.05, 0) is 19.4 Å². The van der Waals surface area contributed by atoms with E-state index in [0.29, 0.717) is 12.5 Å². The lowest BCUT2D eigenvalue weighted by Gasteiger charge is -2.26. The number of hydrogen-bond donors (Lipinski definition) is 2. The monoisotopic (exact) mass is 224 g/mol. The fourth-order valence-corrected chi connectivity index (χ4v) is 0.834. The molecule has 0 aliphatic carbocycles. The smallest absolute Gasteiger partial charge is 0.475 e. The summed E-state index contributed by atoms with van der Waals surface area (Å²) in [5.74, 6) is -2.76. The van der Waals surface area contributed by atoms with Crippen LogP contribution in [0.1, 0.15) is 19.3 Å². The zero-order valence-electron chi connectivity index (χ0n) is 7.84. The van der Waals surface area contributed by atoms with E-state index in [1.54, 1.807) is 0 Å². The van der Waals surface area contributed by atoms with Gasteiger partial charge in [-0.15, -0.1) is 0 Å². The number of nitrogens with one attached hydrogen (secondary N) is 1. The van der Waals surface area contributed by atoms with Gasteiger partial charge in [-0.25, -0.2) is 4.79 Å². The zero-order valence-corrected chi connectivity index (χ0v) is 7.84. The van der Waals surface area contributed by atoms with Crippen LogP contribution in [0.4, 0.5) is 13.2 Å². The molecule has 1 unspecified atom stereocenters. The standard InChI is InChI=1S/C6H10N2.C2HF3O2/c7-4-1-2-6-3-5-8-6;3-2(4,5)1(6)7/h6,8H,1-3,5H2;(H,6,7). The molecular formula is C8H11F3N2O2. The van der Waals surface area contributed by atoms with E-state index in [1.165, 1.54) is 6.42 Å². The van der Waals surface area contributed by atoms with Crippen LogP contribution in [0.15, 0.2) is 0 Å². The number of hydrogen-bond acceptors (Lipinski definition) is 3. The van der Waals surface area contributed by atoms with E-state index < -0.39 is 12.1 Å². The molecule has 1 heterocycles. The summed E-state index contributed by atoms with van der Waals surface area (Å²) >= 11 is 0. The first-order valence-electron chi connectivity index (χ1n) is 4.28. The summed E-state index contributed by atoms with van der Waals surface area (Å²) in [6.07, 6.45) is -2.07. The van der Waals surface area contributed by atoms with E-state index >= 15 is 0 Å². The Morgan fingerprint density at radius 2 is 2.07 bits per heavy atom. The van der Waals surface area contributed by atoms with Crippen LogP contribution in [0.25, 0.3) is 0 Å². The van der Waals surface area contributed by atoms with E-state index in [-0.39, 0.29) is 0 Å². The minimum absolute atomic E-state index is 0.662. The van der Waals surface area contributed by atoms with Crippen LogP contribution >= 0.6 is 0 Å². The second kappa shape index (κ2) is 6.24.